The van der Waals surface area contributed by atoms with E-state index in [1.54, 1.807) is 36.4 Å². The van der Waals surface area contributed by atoms with E-state index in [1.165, 1.54) is 11.3 Å². The van der Waals surface area contributed by atoms with Crippen molar-refractivity contribution in [1.29, 1.82) is 0 Å². The van der Waals surface area contributed by atoms with Crippen molar-refractivity contribution in [2.45, 2.75) is 38.8 Å². The molecule has 0 radical (unpaired) electrons. The second-order valence-corrected chi connectivity index (χ2v) is 7.94. The Morgan fingerprint density at radius 3 is 2.48 bits per heavy atom. The average Bonchev–Trinajstić information content (AvgIpc) is 3.27. The Hall–Kier alpha value is -2.67. The van der Waals surface area contributed by atoms with Crippen molar-refractivity contribution in [3.63, 3.8) is 0 Å². The number of thiophene rings is 1. The van der Waals surface area contributed by atoms with E-state index in [0.717, 1.165) is 12.8 Å². The van der Waals surface area contributed by atoms with E-state index in [9.17, 15) is 14.4 Å². The normalized spacial score (nSPS) is 14.5. The summed E-state index contributed by atoms with van der Waals surface area (Å²) in [6.07, 6.45) is 2.03. The van der Waals surface area contributed by atoms with Crippen LogP contribution in [-0.2, 0) is 4.79 Å². The maximum atomic E-state index is 12.7. The number of rotatable bonds is 7. The van der Waals surface area contributed by atoms with Crippen molar-refractivity contribution >= 4 is 34.7 Å². The van der Waals surface area contributed by atoms with Crippen LogP contribution in [0, 0.1) is 5.92 Å². The monoisotopic (exact) mass is 385 g/mol. The molecule has 0 spiro atoms. The Labute approximate surface area is 162 Å². The van der Waals surface area contributed by atoms with Crippen LogP contribution in [0.2, 0.25) is 0 Å². The van der Waals surface area contributed by atoms with Crippen molar-refractivity contribution in [3.05, 3.63) is 52.2 Å². The van der Waals surface area contributed by atoms with Gasteiger partial charge in [-0.15, -0.1) is 11.3 Å². The molecule has 0 aliphatic heterocycles. The molecule has 2 aromatic rings. The molecule has 1 heterocycles. The van der Waals surface area contributed by atoms with Gasteiger partial charge in [-0.25, -0.2) is 0 Å². The van der Waals surface area contributed by atoms with Crippen LogP contribution in [0.25, 0.3) is 0 Å². The minimum atomic E-state index is -0.677. The Balaban J connectivity index is 1.66. The maximum absolute atomic E-state index is 12.7. The van der Waals surface area contributed by atoms with Gasteiger partial charge >= 0.3 is 0 Å². The summed E-state index contributed by atoms with van der Waals surface area (Å²) in [7, 11) is 0. The molecule has 27 heavy (non-hydrogen) atoms. The van der Waals surface area contributed by atoms with Gasteiger partial charge in [0, 0.05) is 17.3 Å². The van der Waals surface area contributed by atoms with Crippen LogP contribution in [-0.4, -0.2) is 29.8 Å². The van der Waals surface area contributed by atoms with E-state index in [0.29, 0.717) is 16.1 Å². The molecular formula is C20H23N3O3S. The Bertz CT molecular complexity index is 829. The number of carbonyl (C=O) groups excluding carboxylic acids is 3. The van der Waals surface area contributed by atoms with E-state index >= 15 is 0 Å². The molecule has 1 atom stereocenters. The summed E-state index contributed by atoms with van der Waals surface area (Å²) >= 11 is 1.33. The van der Waals surface area contributed by atoms with Crippen molar-refractivity contribution in [3.8, 4) is 0 Å². The van der Waals surface area contributed by atoms with Crippen LogP contribution in [0.15, 0.2) is 41.8 Å². The predicted octanol–water partition coefficient (Wildman–Crippen LogP) is 3.03. The van der Waals surface area contributed by atoms with Gasteiger partial charge in [0.1, 0.15) is 6.04 Å². The minimum Gasteiger partial charge on any atom is -0.349 e. The summed E-state index contributed by atoms with van der Waals surface area (Å²) in [5.74, 6) is -0.804. The molecule has 3 N–H and O–H groups in total. The summed E-state index contributed by atoms with van der Waals surface area (Å²) < 4.78 is 0. The van der Waals surface area contributed by atoms with Crippen LogP contribution in [0.5, 0.6) is 0 Å². The van der Waals surface area contributed by atoms with Crippen LogP contribution in [0.1, 0.15) is 46.7 Å². The quantitative estimate of drug-likeness (QED) is 0.685. The Kier molecular flexibility index (Phi) is 5.91. The summed E-state index contributed by atoms with van der Waals surface area (Å²) in [6.45, 7) is 3.75. The Morgan fingerprint density at radius 1 is 1.07 bits per heavy atom. The molecule has 6 nitrogen and oxygen atoms in total. The molecule has 1 fully saturated rings. The van der Waals surface area contributed by atoms with E-state index in [2.05, 4.69) is 16.0 Å². The molecule has 1 aromatic heterocycles. The van der Waals surface area contributed by atoms with Gasteiger partial charge in [0.15, 0.2) is 0 Å². The molecule has 142 valence electrons. The van der Waals surface area contributed by atoms with E-state index in [4.69, 9.17) is 0 Å². The van der Waals surface area contributed by atoms with Crippen LogP contribution in [0.3, 0.4) is 0 Å². The van der Waals surface area contributed by atoms with Gasteiger partial charge in [0.05, 0.1) is 4.88 Å². The summed E-state index contributed by atoms with van der Waals surface area (Å²) in [4.78, 5) is 37.7. The largest absolute Gasteiger partial charge is 0.349 e. The van der Waals surface area contributed by atoms with Crippen molar-refractivity contribution < 1.29 is 14.4 Å². The van der Waals surface area contributed by atoms with Crippen LogP contribution >= 0.6 is 11.3 Å². The first-order chi connectivity index (χ1) is 12.9. The standard InChI is InChI=1S/C20H23N3O3S/c1-12(2)17(23-19(25)16-7-4-10-27-16)20(26)22-15-6-3-5-13(11-15)18(24)21-14-8-9-14/h3-7,10-12,14,17H,8-9H2,1-2H3,(H,21,24)(H,22,26)(H,23,25)/t17-/m1/s1. The first-order valence-corrected chi connectivity index (χ1v) is 9.88. The lowest BCUT2D eigenvalue weighted by Crippen LogP contribution is -2.47. The summed E-state index contributed by atoms with van der Waals surface area (Å²) in [6, 6.07) is 9.92. The summed E-state index contributed by atoms with van der Waals surface area (Å²) in [5, 5.41) is 10.3. The van der Waals surface area contributed by atoms with Crippen molar-refractivity contribution in [2.24, 2.45) is 5.92 Å². The molecule has 0 saturated heterocycles. The SMILES string of the molecule is CC(C)[C@@H](NC(=O)c1cccs1)C(=O)Nc1cccc(C(=O)NC2CC2)c1. The maximum Gasteiger partial charge on any atom is 0.262 e. The molecule has 1 aromatic carbocycles. The second-order valence-electron chi connectivity index (χ2n) is 6.99. The molecule has 0 bridgehead atoms. The highest BCUT2D eigenvalue weighted by Crippen LogP contribution is 2.20. The molecule has 1 aliphatic rings. The number of hydrogen-bond donors (Lipinski definition) is 3. The molecule has 1 aliphatic carbocycles. The van der Waals surface area contributed by atoms with E-state index in [1.807, 2.05) is 19.2 Å². The average molecular weight is 385 g/mol. The third-order valence-electron chi connectivity index (χ3n) is 4.29. The number of nitrogens with one attached hydrogen (secondary N) is 3. The lowest BCUT2D eigenvalue weighted by atomic mass is 10.0. The highest BCUT2D eigenvalue weighted by Gasteiger charge is 2.26. The smallest absolute Gasteiger partial charge is 0.262 e. The number of anilines is 1. The zero-order valence-corrected chi connectivity index (χ0v) is 16.1. The highest BCUT2D eigenvalue weighted by molar-refractivity contribution is 7.12. The van der Waals surface area contributed by atoms with Gasteiger partial charge < -0.3 is 16.0 Å². The van der Waals surface area contributed by atoms with Crippen molar-refractivity contribution in [2.75, 3.05) is 5.32 Å². The van der Waals surface area contributed by atoms with Gasteiger partial charge in [0.2, 0.25) is 5.91 Å². The summed E-state index contributed by atoms with van der Waals surface area (Å²) in [5.41, 5.74) is 1.03. The highest BCUT2D eigenvalue weighted by atomic mass is 32.1. The molecule has 3 rings (SSSR count). The van der Waals surface area contributed by atoms with Gasteiger partial charge in [-0.05, 0) is 48.4 Å². The second kappa shape index (κ2) is 8.35. The molecule has 7 heteroatoms. The molecule has 1 saturated carbocycles. The number of amides is 3. The van der Waals surface area contributed by atoms with Gasteiger partial charge in [-0.1, -0.05) is 26.0 Å². The lowest BCUT2D eigenvalue weighted by molar-refractivity contribution is -0.118. The fourth-order valence-electron chi connectivity index (χ4n) is 2.61. The molecule has 0 unspecified atom stereocenters. The Morgan fingerprint density at radius 2 is 1.85 bits per heavy atom. The third kappa shape index (κ3) is 5.17. The van der Waals surface area contributed by atoms with Gasteiger partial charge in [-0.2, -0.15) is 0 Å². The molecular weight excluding hydrogens is 362 g/mol. The van der Waals surface area contributed by atoms with Crippen molar-refractivity contribution in [1.82, 2.24) is 10.6 Å². The first kappa shape index (κ1) is 19.1. The minimum absolute atomic E-state index is 0.0877. The topological polar surface area (TPSA) is 87.3 Å². The van der Waals surface area contributed by atoms with Crippen LogP contribution < -0.4 is 16.0 Å². The first-order valence-electron chi connectivity index (χ1n) is 9.00. The van der Waals surface area contributed by atoms with Gasteiger partial charge in [0.25, 0.3) is 11.8 Å². The fourth-order valence-corrected chi connectivity index (χ4v) is 3.24. The van der Waals surface area contributed by atoms with E-state index < -0.39 is 6.04 Å². The fraction of sp³-hybridized carbons (Fsp3) is 0.350. The zero-order chi connectivity index (χ0) is 19.4. The predicted molar refractivity (Wildman–Crippen MR) is 106 cm³/mol. The number of hydrogen-bond acceptors (Lipinski definition) is 4. The zero-order valence-electron chi connectivity index (χ0n) is 15.3. The lowest BCUT2D eigenvalue weighted by Gasteiger charge is -2.21. The third-order valence-corrected chi connectivity index (χ3v) is 5.15. The molecule has 3 amide bonds. The number of carbonyl (C=O) groups is 3. The van der Waals surface area contributed by atoms with Crippen LogP contribution in [0.4, 0.5) is 5.69 Å². The van der Waals surface area contributed by atoms with E-state index in [-0.39, 0.29) is 29.7 Å². The number of benzene rings is 1. The van der Waals surface area contributed by atoms with Gasteiger partial charge in [-0.3, -0.25) is 14.4 Å².